The van der Waals surface area contributed by atoms with E-state index in [1.807, 2.05) is 30.3 Å². The summed E-state index contributed by atoms with van der Waals surface area (Å²) in [7, 11) is 0. The number of nitrogens with one attached hydrogen (secondary N) is 1. The number of rotatable bonds is 3. The van der Waals surface area contributed by atoms with Gasteiger partial charge in [0.15, 0.2) is 0 Å². The number of benzene rings is 1. The number of urea groups is 1. The smallest absolute Gasteiger partial charge is 0.341 e. The molecule has 92 valence electrons. The number of hydrogen-bond donors (Lipinski definition) is 1. The van der Waals surface area contributed by atoms with Gasteiger partial charge in [0.25, 0.3) is 0 Å². The Kier molecular flexibility index (Phi) is 4.35. The SMILES string of the molecule is O=C(NOCc1ccccc1)N1CCOCC1. The molecule has 2 amide bonds. The Hall–Kier alpha value is -1.59. The normalized spacial score (nSPS) is 15.6. The molecule has 0 bridgehead atoms. The average Bonchev–Trinajstić information content (AvgIpc) is 2.41. The molecule has 0 saturated carbocycles. The topological polar surface area (TPSA) is 50.8 Å². The van der Waals surface area contributed by atoms with Crippen molar-refractivity contribution in [3.05, 3.63) is 35.9 Å². The summed E-state index contributed by atoms with van der Waals surface area (Å²) in [5.41, 5.74) is 3.46. The summed E-state index contributed by atoms with van der Waals surface area (Å²) in [6.45, 7) is 2.77. The summed E-state index contributed by atoms with van der Waals surface area (Å²) in [6.07, 6.45) is 0. The first-order chi connectivity index (χ1) is 8.36. The number of hydroxylamine groups is 1. The molecule has 0 aromatic heterocycles. The molecule has 1 aromatic rings. The third kappa shape index (κ3) is 3.72. The van der Waals surface area contributed by atoms with Crippen LogP contribution in [-0.2, 0) is 16.2 Å². The van der Waals surface area contributed by atoms with E-state index in [0.29, 0.717) is 32.9 Å². The van der Waals surface area contributed by atoms with Crippen molar-refractivity contribution in [2.75, 3.05) is 26.3 Å². The fraction of sp³-hybridized carbons (Fsp3) is 0.417. The second kappa shape index (κ2) is 6.22. The van der Waals surface area contributed by atoms with Crippen LogP contribution in [0.3, 0.4) is 0 Å². The second-order valence-corrected chi connectivity index (χ2v) is 3.78. The van der Waals surface area contributed by atoms with Crippen molar-refractivity contribution in [1.82, 2.24) is 10.4 Å². The molecule has 5 nitrogen and oxygen atoms in total. The van der Waals surface area contributed by atoms with Crippen molar-refractivity contribution >= 4 is 6.03 Å². The number of amides is 2. The molecule has 0 spiro atoms. The van der Waals surface area contributed by atoms with Crippen molar-refractivity contribution in [3.63, 3.8) is 0 Å². The zero-order valence-electron chi connectivity index (χ0n) is 9.59. The Bertz CT molecular complexity index is 350. The van der Waals surface area contributed by atoms with Crippen molar-refractivity contribution < 1.29 is 14.4 Å². The number of morpholine rings is 1. The number of carbonyl (C=O) groups is 1. The van der Waals surface area contributed by atoms with E-state index in [-0.39, 0.29) is 6.03 Å². The largest absolute Gasteiger partial charge is 0.378 e. The maximum absolute atomic E-state index is 11.6. The molecule has 0 radical (unpaired) electrons. The van der Waals surface area contributed by atoms with E-state index in [4.69, 9.17) is 9.57 Å². The molecular formula is C12H16N2O3. The lowest BCUT2D eigenvalue weighted by atomic mass is 10.2. The zero-order chi connectivity index (χ0) is 11.9. The molecule has 17 heavy (non-hydrogen) atoms. The van der Waals surface area contributed by atoms with Gasteiger partial charge in [-0.15, -0.1) is 0 Å². The molecular weight excluding hydrogens is 220 g/mol. The highest BCUT2D eigenvalue weighted by atomic mass is 16.7. The molecule has 1 heterocycles. The number of nitrogens with zero attached hydrogens (tertiary/aromatic N) is 1. The van der Waals surface area contributed by atoms with Crippen LogP contribution in [0, 0.1) is 0 Å². The second-order valence-electron chi connectivity index (χ2n) is 3.78. The van der Waals surface area contributed by atoms with Gasteiger partial charge in [0, 0.05) is 13.1 Å². The van der Waals surface area contributed by atoms with Gasteiger partial charge in [-0.25, -0.2) is 10.3 Å². The first-order valence-electron chi connectivity index (χ1n) is 5.64. The Labute approximate surface area is 100 Å². The minimum atomic E-state index is -0.204. The highest BCUT2D eigenvalue weighted by Gasteiger charge is 2.16. The number of carbonyl (C=O) groups excluding carboxylic acids is 1. The van der Waals surface area contributed by atoms with Gasteiger partial charge in [-0.05, 0) is 5.56 Å². The molecule has 1 aromatic carbocycles. The molecule has 0 atom stereocenters. The first-order valence-corrected chi connectivity index (χ1v) is 5.64. The Morgan fingerprint density at radius 1 is 1.29 bits per heavy atom. The molecule has 0 unspecified atom stereocenters. The van der Waals surface area contributed by atoms with Crippen molar-refractivity contribution in [2.24, 2.45) is 0 Å². The predicted molar refractivity (Wildman–Crippen MR) is 62.2 cm³/mol. The van der Waals surface area contributed by atoms with E-state index in [1.165, 1.54) is 0 Å². The number of ether oxygens (including phenoxy) is 1. The van der Waals surface area contributed by atoms with Crippen molar-refractivity contribution in [3.8, 4) is 0 Å². The quantitative estimate of drug-likeness (QED) is 0.801. The molecule has 2 rings (SSSR count). The standard InChI is InChI=1S/C12H16N2O3/c15-12(14-6-8-16-9-7-14)13-17-10-11-4-2-1-3-5-11/h1-5H,6-10H2,(H,13,15). The van der Waals surface area contributed by atoms with Crippen LogP contribution in [0.1, 0.15) is 5.56 Å². The van der Waals surface area contributed by atoms with Gasteiger partial charge in [-0.1, -0.05) is 30.3 Å². The van der Waals surface area contributed by atoms with Crippen LogP contribution in [0.2, 0.25) is 0 Å². The fourth-order valence-corrected chi connectivity index (χ4v) is 1.59. The summed E-state index contributed by atoms with van der Waals surface area (Å²) >= 11 is 0. The van der Waals surface area contributed by atoms with Crippen LogP contribution in [-0.4, -0.2) is 37.2 Å². The van der Waals surface area contributed by atoms with Crippen molar-refractivity contribution in [1.29, 1.82) is 0 Å². The van der Waals surface area contributed by atoms with Crippen LogP contribution >= 0.6 is 0 Å². The van der Waals surface area contributed by atoms with Crippen LogP contribution in [0.5, 0.6) is 0 Å². The molecule has 0 aliphatic carbocycles. The van der Waals surface area contributed by atoms with Crippen LogP contribution in [0.25, 0.3) is 0 Å². The zero-order valence-corrected chi connectivity index (χ0v) is 9.59. The maximum atomic E-state index is 11.6. The predicted octanol–water partition coefficient (Wildman–Crippen LogP) is 1.16. The van der Waals surface area contributed by atoms with Gasteiger partial charge in [0.05, 0.1) is 19.8 Å². The summed E-state index contributed by atoms with van der Waals surface area (Å²) in [5, 5.41) is 0. The lowest BCUT2D eigenvalue weighted by molar-refractivity contribution is 0.0127. The van der Waals surface area contributed by atoms with Crippen LogP contribution < -0.4 is 5.48 Å². The van der Waals surface area contributed by atoms with Gasteiger partial charge in [-0.2, -0.15) is 0 Å². The molecule has 1 aliphatic heterocycles. The van der Waals surface area contributed by atoms with Gasteiger partial charge in [-0.3, -0.25) is 4.84 Å². The molecule has 1 saturated heterocycles. The van der Waals surface area contributed by atoms with E-state index in [0.717, 1.165) is 5.56 Å². The fourth-order valence-electron chi connectivity index (χ4n) is 1.59. The van der Waals surface area contributed by atoms with Gasteiger partial charge in [0.2, 0.25) is 0 Å². The Morgan fingerprint density at radius 3 is 2.71 bits per heavy atom. The third-order valence-electron chi connectivity index (χ3n) is 2.54. The molecule has 1 aliphatic rings. The van der Waals surface area contributed by atoms with Crippen LogP contribution in [0.4, 0.5) is 4.79 Å². The molecule has 1 N–H and O–H groups in total. The summed E-state index contributed by atoms with van der Waals surface area (Å²) in [4.78, 5) is 18.5. The Balaban J connectivity index is 1.69. The third-order valence-corrected chi connectivity index (χ3v) is 2.54. The van der Waals surface area contributed by atoms with Crippen molar-refractivity contribution in [2.45, 2.75) is 6.61 Å². The first kappa shape index (κ1) is 11.9. The lowest BCUT2D eigenvalue weighted by Crippen LogP contribution is -2.46. The summed E-state index contributed by atoms with van der Waals surface area (Å²) in [5.74, 6) is 0. The van der Waals surface area contributed by atoms with E-state index >= 15 is 0 Å². The summed E-state index contributed by atoms with van der Waals surface area (Å²) in [6, 6.07) is 9.49. The van der Waals surface area contributed by atoms with Gasteiger partial charge >= 0.3 is 6.03 Å². The molecule has 5 heteroatoms. The molecule has 1 fully saturated rings. The monoisotopic (exact) mass is 236 g/mol. The Morgan fingerprint density at radius 2 is 2.00 bits per heavy atom. The van der Waals surface area contributed by atoms with Gasteiger partial charge in [0.1, 0.15) is 0 Å². The van der Waals surface area contributed by atoms with E-state index in [1.54, 1.807) is 4.90 Å². The minimum Gasteiger partial charge on any atom is -0.378 e. The van der Waals surface area contributed by atoms with E-state index in [9.17, 15) is 4.79 Å². The summed E-state index contributed by atoms with van der Waals surface area (Å²) < 4.78 is 5.16. The number of hydrogen-bond acceptors (Lipinski definition) is 3. The minimum absolute atomic E-state index is 0.204. The highest BCUT2D eigenvalue weighted by Crippen LogP contribution is 2.00. The highest BCUT2D eigenvalue weighted by molar-refractivity contribution is 5.73. The van der Waals surface area contributed by atoms with E-state index in [2.05, 4.69) is 5.48 Å². The van der Waals surface area contributed by atoms with Crippen LogP contribution in [0.15, 0.2) is 30.3 Å². The lowest BCUT2D eigenvalue weighted by Gasteiger charge is -2.26. The van der Waals surface area contributed by atoms with Gasteiger partial charge < -0.3 is 9.64 Å². The average molecular weight is 236 g/mol. The maximum Gasteiger partial charge on any atom is 0.341 e. The van der Waals surface area contributed by atoms with E-state index < -0.39 is 0 Å².